The van der Waals surface area contributed by atoms with Gasteiger partial charge in [0, 0.05) is 38.2 Å². The molecule has 0 spiro atoms. The van der Waals surface area contributed by atoms with Gasteiger partial charge < -0.3 is 40.3 Å². The van der Waals surface area contributed by atoms with E-state index in [-0.39, 0.29) is 30.6 Å². The van der Waals surface area contributed by atoms with Gasteiger partial charge in [0.25, 0.3) is 0 Å². The van der Waals surface area contributed by atoms with Crippen molar-refractivity contribution in [3.8, 4) is 16.9 Å². The fraction of sp³-hybridized carbons (Fsp3) is 0.262. The van der Waals surface area contributed by atoms with Gasteiger partial charge in [0.2, 0.25) is 0 Å². The normalized spacial score (nSPS) is 17.9. The van der Waals surface area contributed by atoms with Crippen molar-refractivity contribution >= 4 is 6.03 Å². The second-order valence-electron chi connectivity index (χ2n) is 13.0. The fourth-order valence-corrected chi connectivity index (χ4v) is 6.34. The van der Waals surface area contributed by atoms with Gasteiger partial charge in [-0.25, -0.2) is 4.79 Å². The zero-order valence-corrected chi connectivity index (χ0v) is 28.7. The third-order valence-corrected chi connectivity index (χ3v) is 9.04. The first kappa shape index (κ1) is 35.8. The van der Waals surface area contributed by atoms with Gasteiger partial charge in [0.05, 0.1) is 24.9 Å². The third-order valence-electron chi connectivity index (χ3n) is 9.04. The van der Waals surface area contributed by atoms with Crippen molar-refractivity contribution in [2.75, 3.05) is 20.1 Å². The molecule has 1 saturated heterocycles. The summed E-state index contributed by atoms with van der Waals surface area (Å²) in [6, 6.07) is 40.2. The standard InChI is InChI=1S/C42H45N3O6/c1-45(27-39(48)35-13-7-15-37(47)22-35)26-38-23-40(32-18-16-30(28-46)17-19-32)51-41(50-38)36-14-6-12-34(21-36)33-11-5-10-31(20-33)25-44-42(49)43-24-29-8-3-2-4-9-29/h2-22,38-41,46-48H,23-28H2,1H3,(H2,43,44,49)/t38-,39-,40+,41+/m1/s1. The molecule has 5 N–H and O–H groups in total. The summed E-state index contributed by atoms with van der Waals surface area (Å²) in [6.07, 6.45) is -1.27. The number of aromatic hydroxyl groups is 1. The zero-order valence-electron chi connectivity index (χ0n) is 28.7. The maximum Gasteiger partial charge on any atom is 0.315 e. The van der Waals surface area contributed by atoms with Gasteiger partial charge in [-0.1, -0.05) is 103 Å². The molecule has 1 fully saturated rings. The summed E-state index contributed by atoms with van der Waals surface area (Å²) in [7, 11) is 1.94. The summed E-state index contributed by atoms with van der Waals surface area (Å²) in [5.74, 6) is 0.118. The molecule has 0 unspecified atom stereocenters. The van der Waals surface area contributed by atoms with Crippen molar-refractivity contribution in [2.24, 2.45) is 0 Å². The van der Waals surface area contributed by atoms with Crippen molar-refractivity contribution in [3.05, 3.63) is 161 Å². The van der Waals surface area contributed by atoms with Gasteiger partial charge in [-0.05, 0) is 70.3 Å². The minimum Gasteiger partial charge on any atom is -0.508 e. The van der Waals surface area contributed by atoms with Crippen molar-refractivity contribution in [1.29, 1.82) is 0 Å². The quantitative estimate of drug-likeness (QED) is 0.0927. The van der Waals surface area contributed by atoms with Crippen LogP contribution in [0.4, 0.5) is 4.79 Å². The molecule has 264 valence electrons. The van der Waals surface area contributed by atoms with Gasteiger partial charge in [0.15, 0.2) is 6.29 Å². The summed E-state index contributed by atoms with van der Waals surface area (Å²) in [5, 5.41) is 36.2. The minimum atomic E-state index is -0.772. The lowest BCUT2D eigenvalue weighted by atomic mass is 9.98. The van der Waals surface area contributed by atoms with E-state index in [1.165, 1.54) is 0 Å². The summed E-state index contributed by atoms with van der Waals surface area (Å²) in [4.78, 5) is 14.5. The topological polar surface area (TPSA) is 124 Å². The summed E-state index contributed by atoms with van der Waals surface area (Å²) >= 11 is 0. The first-order valence-corrected chi connectivity index (χ1v) is 17.2. The van der Waals surface area contributed by atoms with Crippen LogP contribution in [0, 0.1) is 0 Å². The third kappa shape index (κ3) is 10.0. The first-order valence-electron chi connectivity index (χ1n) is 17.2. The van der Waals surface area contributed by atoms with Crippen molar-refractivity contribution < 1.29 is 29.6 Å². The number of aliphatic hydroxyl groups excluding tert-OH is 2. The molecule has 5 aromatic carbocycles. The number of ether oxygens (including phenoxy) is 2. The largest absolute Gasteiger partial charge is 0.508 e. The van der Waals surface area contributed by atoms with Gasteiger partial charge in [-0.2, -0.15) is 0 Å². The Morgan fingerprint density at radius 2 is 1.45 bits per heavy atom. The number of rotatable bonds is 13. The van der Waals surface area contributed by atoms with Crippen LogP contribution in [0.25, 0.3) is 11.1 Å². The maximum atomic E-state index is 12.5. The molecule has 6 rings (SSSR count). The lowest BCUT2D eigenvalue weighted by Crippen LogP contribution is -2.39. The number of phenolic OH excluding ortho intramolecular Hbond substituents is 1. The predicted octanol–water partition coefficient (Wildman–Crippen LogP) is 6.76. The number of hydrogen-bond donors (Lipinski definition) is 5. The zero-order chi connectivity index (χ0) is 35.6. The van der Waals surface area contributed by atoms with Crippen LogP contribution in [0.3, 0.4) is 0 Å². The van der Waals surface area contributed by atoms with E-state index in [4.69, 9.17) is 9.47 Å². The number of nitrogens with one attached hydrogen (secondary N) is 2. The molecule has 2 amide bonds. The minimum absolute atomic E-state index is 0.0298. The van der Waals surface area contributed by atoms with E-state index in [9.17, 15) is 20.1 Å². The molecular formula is C42H45N3O6. The molecule has 9 nitrogen and oxygen atoms in total. The van der Waals surface area contributed by atoms with Crippen LogP contribution in [-0.4, -0.2) is 52.5 Å². The molecule has 0 aliphatic carbocycles. The second-order valence-corrected chi connectivity index (χ2v) is 13.0. The maximum absolute atomic E-state index is 12.5. The lowest BCUT2D eigenvalue weighted by Gasteiger charge is -2.38. The number of hydrogen-bond acceptors (Lipinski definition) is 7. The van der Waals surface area contributed by atoms with E-state index in [0.29, 0.717) is 38.2 Å². The van der Waals surface area contributed by atoms with E-state index in [1.54, 1.807) is 24.3 Å². The molecule has 0 bridgehead atoms. The number of amides is 2. The average Bonchev–Trinajstić information content (AvgIpc) is 3.16. The van der Waals surface area contributed by atoms with Crippen LogP contribution < -0.4 is 10.6 Å². The molecule has 1 aliphatic rings. The molecule has 51 heavy (non-hydrogen) atoms. The van der Waals surface area contributed by atoms with Crippen molar-refractivity contribution in [3.63, 3.8) is 0 Å². The number of phenols is 1. The molecule has 1 aliphatic heterocycles. The molecule has 0 saturated carbocycles. The summed E-state index contributed by atoms with van der Waals surface area (Å²) in [6.45, 7) is 1.72. The van der Waals surface area contributed by atoms with E-state index in [0.717, 1.165) is 38.9 Å². The van der Waals surface area contributed by atoms with Crippen LogP contribution in [0.1, 0.15) is 58.3 Å². The molecule has 4 atom stereocenters. The Balaban J connectivity index is 1.14. The van der Waals surface area contributed by atoms with Gasteiger partial charge >= 0.3 is 6.03 Å². The molecule has 1 heterocycles. The number of nitrogens with zero attached hydrogens (tertiary/aromatic N) is 1. The number of carbonyl (C=O) groups is 1. The molecule has 0 radical (unpaired) electrons. The van der Waals surface area contributed by atoms with Gasteiger partial charge in [0.1, 0.15) is 5.75 Å². The number of urea groups is 1. The Hall–Kier alpha value is -5.03. The molecular weight excluding hydrogens is 642 g/mol. The number of likely N-dealkylation sites (N-methyl/N-ethyl adjacent to an activating group) is 1. The van der Waals surface area contributed by atoms with Crippen LogP contribution >= 0.6 is 0 Å². The van der Waals surface area contributed by atoms with Gasteiger partial charge in [-0.3, -0.25) is 0 Å². The Bertz CT molecular complexity index is 1870. The Morgan fingerprint density at radius 1 is 0.765 bits per heavy atom. The highest BCUT2D eigenvalue weighted by Crippen LogP contribution is 2.39. The van der Waals surface area contributed by atoms with E-state index in [2.05, 4.69) is 22.8 Å². The first-order chi connectivity index (χ1) is 24.8. The van der Waals surface area contributed by atoms with Crippen molar-refractivity contribution in [1.82, 2.24) is 15.5 Å². The van der Waals surface area contributed by atoms with Gasteiger partial charge in [-0.15, -0.1) is 0 Å². The number of benzene rings is 5. The SMILES string of the molecule is CN(C[C@H]1C[C@@H](c2ccc(CO)cc2)O[C@@H](c2cccc(-c3cccc(CNC(=O)NCc4ccccc4)c3)c2)O1)C[C@@H](O)c1cccc(O)c1. The highest BCUT2D eigenvalue weighted by Gasteiger charge is 2.33. The fourth-order valence-electron chi connectivity index (χ4n) is 6.34. The average molecular weight is 688 g/mol. The summed E-state index contributed by atoms with van der Waals surface area (Å²) < 4.78 is 13.2. The predicted molar refractivity (Wildman–Crippen MR) is 196 cm³/mol. The smallest absolute Gasteiger partial charge is 0.315 e. The van der Waals surface area contributed by atoms with E-state index in [1.807, 2.05) is 103 Å². The Morgan fingerprint density at radius 3 is 2.20 bits per heavy atom. The monoisotopic (exact) mass is 687 g/mol. The van der Waals surface area contributed by atoms with E-state index >= 15 is 0 Å². The molecule has 5 aromatic rings. The summed E-state index contributed by atoms with van der Waals surface area (Å²) in [5.41, 5.74) is 7.36. The van der Waals surface area contributed by atoms with Crippen LogP contribution in [0.15, 0.2) is 127 Å². The van der Waals surface area contributed by atoms with Crippen LogP contribution in [0.5, 0.6) is 5.75 Å². The highest BCUT2D eigenvalue weighted by atomic mass is 16.7. The molecule has 9 heteroatoms. The van der Waals surface area contributed by atoms with E-state index < -0.39 is 12.4 Å². The second kappa shape index (κ2) is 17.3. The highest BCUT2D eigenvalue weighted by molar-refractivity contribution is 5.74. The number of carbonyl (C=O) groups excluding carboxylic acids is 1. The Labute approximate surface area is 299 Å². The van der Waals surface area contributed by atoms with Crippen molar-refractivity contribution in [2.45, 2.75) is 50.7 Å². The van der Waals surface area contributed by atoms with Crippen LogP contribution in [0.2, 0.25) is 0 Å². The number of aliphatic hydroxyl groups is 2. The molecule has 0 aromatic heterocycles. The lowest BCUT2D eigenvalue weighted by molar-refractivity contribution is -0.252. The van der Waals surface area contributed by atoms with Crippen LogP contribution in [-0.2, 0) is 29.2 Å². The Kier molecular flexibility index (Phi) is 12.1.